The summed E-state index contributed by atoms with van der Waals surface area (Å²) in [5.74, 6) is 0. The summed E-state index contributed by atoms with van der Waals surface area (Å²) in [6.45, 7) is 0. The molecule has 0 aromatic heterocycles. The van der Waals surface area contributed by atoms with Gasteiger partial charge in [0, 0.05) is 0 Å². The van der Waals surface area contributed by atoms with Gasteiger partial charge in [0.2, 0.25) is 0 Å². The van der Waals surface area contributed by atoms with E-state index >= 15 is 0 Å². The molecule has 2 aromatic carbocycles. The summed E-state index contributed by atoms with van der Waals surface area (Å²) in [6.07, 6.45) is -1.32. The molecule has 0 unspecified atom stereocenters. The largest absolute Gasteiger partial charge is 0.387 e. The summed E-state index contributed by atoms with van der Waals surface area (Å²) in [7, 11) is -4.42. The zero-order valence-corrected chi connectivity index (χ0v) is 10.9. The first-order chi connectivity index (χ1) is 9.00. The summed E-state index contributed by atoms with van der Waals surface area (Å²) < 4.78 is 32.5. The van der Waals surface area contributed by atoms with Crippen molar-refractivity contribution < 1.29 is 18.1 Å². The second kappa shape index (κ2) is 5.52. The Morgan fingerprint density at radius 2 is 1.21 bits per heavy atom. The van der Waals surface area contributed by atoms with E-state index in [4.69, 9.17) is 0 Å². The van der Waals surface area contributed by atoms with Gasteiger partial charge < -0.3 is 5.11 Å². The van der Waals surface area contributed by atoms with Crippen molar-refractivity contribution >= 4 is 10.1 Å². The molecule has 2 atom stereocenters. The lowest BCUT2D eigenvalue weighted by molar-refractivity contribution is 0.167. The van der Waals surface area contributed by atoms with E-state index in [1.165, 1.54) is 0 Å². The lowest BCUT2D eigenvalue weighted by Crippen LogP contribution is -2.20. The molecule has 5 heteroatoms. The Labute approximate surface area is 112 Å². The smallest absolute Gasteiger partial charge is 0.274 e. The van der Waals surface area contributed by atoms with Crippen LogP contribution in [0.1, 0.15) is 22.5 Å². The van der Waals surface area contributed by atoms with Gasteiger partial charge in [-0.3, -0.25) is 4.55 Å². The molecule has 2 N–H and O–H groups in total. The van der Waals surface area contributed by atoms with Crippen molar-refractivity contribution in [1.82, 2.24) is 0 Å². The average molecular weight is 278 g/mol. The minimum atomic E-state index is -4.42. The van der Waals surface area contributed by atoms with Crippen LogP contribution < -0.4 is 0 Å². The zero-order chi connectivity index (χ0) is 13.9. The van der Waals surface area contributed by atoms with Crippen molar-refractivity contribution in [3.05, 3.63) is 71.8 Å². The summed E-state index contributed by atoms with van der Waals surface area (Å²) in [6, 6.07) is 16.6. The van der Waals surface area contributed by atoms with E-state index in [9.17, 15) is 18.1 Å². The molecule has 2 aromatic rings. The summed E-state index contributed by atoms with van der Waals surface area (Å²) >= 11 is 0. The van der Waals surface area contributed by atoms with Gasteiger partial charge in [0.1, 0.15) is 11.4 Å². The standard InChI is InChI=1S/C14H14O4S/c15-13(11-7-3-1-4-8-11)14(19(16,17)18)12-9-5-2-6-10-12/h1-10,13-15H,(H,16,17,18)/t13-,14+/m1/s1. The molecular formula is C14H14O4S. The van der Waals surface area contributed by atoms with E-state index in [0.717, 1.165) is 0 Å². The van der Waals surface area contributed by atoms with E-state index in [1.54, 1.807) is 60.7 Å². The Balaban J connectivity index is 2.46. The molecule has 0 bridgehead atoms. The topological polar surface area (TPSA) is 74.6 Å². The van der Waals surface area contributed by atoms with E-state index in [2.05, 4.69) is 0 Å². The molecule has 4 nitrogen and oxygen atoms in total. The molecular weight excluding hydrogens is 264 g/mol. The van der Waals surface area contributed by atoms with Crippen LogP contribution in [0, 0.1) is 0 Å². The van der Waals surface area contributed by atoms with Crippen molar-refractivity contribution in [2.45, 2.75) is 11.4 Å². The maximum absolute atomic E-state index is 11.5. The van der Waals surface area contributed by atoms with Gasteiger partial charge in [0.05, 0.1) is 0 Å². The molecule has 0 radical (unpaired) electrons. The second-order valence-electron chi connectivity index (χ2n) is 4.20. The highest BCUT2D eigenvalue weighted by atomic mass is 32.2. The van der Waals surface area contributed by atoms with Crippen LogP contribution in [0.4, 0.5) is 0 Å². The minimum absolute atomic E-state index is 0.348. The number of hydrogen-bond acceptors (Lipinski definition) is 3. The number of hydrogen-bond donors (Lipinski definition) is 2. The minimum Gasteiger partial charge on any atom is -0.387 e. The number of aliphatic hydroxyl groups excluding tert-OH is 1. The van der Waals surface area contributed by atoms with Crippen molar-refractivity contribution in [2.24, 2.45) is 0 Å². The molecule has 0 saturated heterocycles. The summed E-state index contributed by atoms with van der Waals surface area (Å²) in [4.78, 5) is 0. The van der Waals surface area contributed by atoms with Gasteiger partial charge in [0.15, 0.2) is 0 Å². The van der Waals surface area contributed by atoms with Gasteiger partial charge in [-0.1, -0.05) is 60.7 Å². The Hall–Kier alpha value is -1.69. The van der Waals surface area contributed by atoms with Crippen LogP contribution >= 0.6 is 0 Å². The normalized spacial score (nSPS) is 14.8. The van der Waals surface area contributed by atoms with Crippen molar-refractivity contribution in [1.29, 1.82) is 0 Å². The Bertz CT molecular complexity index is 623. The van der Waals surface area contributed by atoms with Gasteiger partial charge in [-0.2, -0.15) is 8.42 Å². The highest BCUT2D eigenvalue weighted by Gasteiger charge is 2.33. The fraction of sp³-hybridized carbons (Fsp3) is 0.143. The monoisotopic (exact) mass is 278 g/mol. The summed E-state index contributed by atoms with van der Waals surface area (Å²) in [5.41, 5.74) is 0.787. The van der Waals surface area contributed by atoms with E-state index in [1.807, 2.05) is 0 Å². The Morgan fingerprint density at radius 1 is 0.789 bits per heavy atom. The zero-order valence-electron chi connectivity index (χ0n) is 10.0. The lowest BCUT2D eigenvalue weighted by Gasteiger charge is -2.21. The molecule has 0 amide bonds. The first-order valence-corrected chi connectivity index (χ1v) is 7.25. The van der Waals surface area contributed by atoms with Crippen LogP contribution in [0.15, 0.2) is 60.7 Å². The maximum Gasteiger partial charge on any atom is 0.274 e. The van der Waals surface area contributed by atoms with Crippen LogP contribution in [0.2, 0.25) is 0 Å². The fourth-order valence-electron chi connectivity index (χ4n) is 1.98. The molecule has 2 rings (SSSR count). The Morgan fingerprint density at radius 3 is 1.63 bits per heavy atom. The highest BCUT2D eigenvalue weighted by Crippen LogP contribution is 2.34. The van der Waals surface area contributed by atoms with Crippen LogP contribution in [-0.2, 0) is 10.1 Å². The number of benzene rings is 2. The Kier molecular flexibility index (Phi) is 3.99. The predicted molar refractivity (Wildman–Crippen MR) is 72.1 cm³/mol. The third-order valence-corrected chi connectivity index (χ3v) is 4.05. The molecule has 0 aliphatic heterocycles. The van der Waals surface area contributed by atoms with Crippen molar-refractivity contribution in [3.8, 4) is 0 Å². The molecule has 0 aliphatic carbocycles. The fourth-order valence-corrected chi connectivity index (χ4v) is 2.97. The molecule has 0 aliphatic rings. The molecule has 0 saturated carbocycles. The second-order valence-corrected chi connectivity index (χ2v) is 5.74. The quantitative estimate of drug-likeness (QED) is 0.842. The number of aliphatic hydroxyl groups is 1. The van der Waals surface area contributed by atoms with Gasteiger partial charge >= 0.3 is 0 Å². The maximum atomic E-state index is 11.5. The van der Waals surface area contributed by atoms with Crippen LogP contribution in [0.25, 0.3) is 0 Å². The van der Waals surface area contributed by atoms with E-state index in [-0.39, 0.29) is 0 Å². The lowest BCUT2D eigenvalue weighted by atomic mass is 10.0. The molecule has 0 fully saturated rings. The average Bonchev–Trinajstić information content (AvgIpc) is 2.39. The van der Waals surface area contributed by atoms with Gasteiger partial charge in [-0.05, 0) is 11.1 Å². The van der Waals surface area contributed by atoms with Crippen LogP contribution in [0.3, 0.4) is 0 Å². The molecule has 0 spiro atoms. The van der Waals surface area contributed by atoms with Crippen LogP contribution in [0.5, 0.6) is 0 Å². The van der Waals surface area contributed by atoms with Gasteiger partial charge in [0.25, 0.3) is 10.1 Å². The predicted octanol–water partition coefficient (Wildman–Crippen LogP) is 2.35. The van der Waals surface area contributed by atoms with Crippen molar-refractivity contribution in [2.75, 3.05) is 0 Å². The number of rotatable bonds is 4. The van der Waals surface area contributed by atoms with E-state index < -0.39 is 21.5 Å². The highest BCUT2D eigenvalue weighted by molar-refractivity contribution is 7.86. The van der Waals surface area contributed by atoms with E-state index in [0.29, 0.717) is 11.1 Å². The SMILES string of the molecule is O=S(=O)(O)[C@@H](c1ccccc1)[C@H](O)c1ccccc1. The third-order valence-electron chi connectivity index (χ3n) is 2.88. The molecule has 100 valence electrons. The van der Waals surface area contributed by atoms with Crippen LogP contribution in [-0.4, -0.2) is 18.1 Å². The first-order valence-electron chi connectivity index (χ1n) is 5.74. The summed E-state index contributed by atoms with van der Waals surface area (Å²) in [5, 5.41) is 8.84. The third kappa shape index (κ3) is 3.20. The van der Waals surface area contributed by atoms with Gasteiger partial charge in [-0.15, -0.1) is 0 Å². The molecule has 19 heavy (non-hydrogen) atoms. The molecule has 0 heterocycles. The van der Waals surface area contributed by atoms with Gasteiger partial charge in [-0.25, -0.2) is 0 Å². The van der Waals surface area contributed by atoms with Crippen molar-refractivity contribution in [3.63, 3.8) is 0 Å². The first kappa shape index (κ1) is 13.7.